The van der Waals surface area contributed by atoms with Gasteiger partial charge in [0.15, 0.2) is 0 Å². The quantitative estimate of drug-likeness (QED) is 0.932. The predicted molar refractivity (Wildman–Crippen MR) is 78.9 cm³/mol. The number of hydrogen-bond acceptors (Lipinski definition) is 3. The normalized spacial score (nSPS) is 18.8. The van der Waals surface area contributed by atoms with E-state index in [9.17, 15) is 13.5 Å². The summed E-state index contributed by atoms with van der Waals surface area (Å²) in [5.74, 6) is 0. The highest BCUT2D eigenvalue weighted by atomic mass is 32.2. The second-order valence-corrected chi connectivity index (χ2v) is 7.84. The molecule has 1 fully saturated rings. The van der Waals surface area contributed by atoms with Crippen molar-refractivity contribution in [3.63, 3.8) is 0 Å². The molecule has 112 valence electrons. The Hall–Kier alpha value is -0.910. The fraction of sp³-hybridized carbons (Fsp3) is 0.600. The zero-order valence-corrected chi connectivity index (χ0v) is 13.0. The van der Waals surface area contributed by atoms with Crippen molar-refractivity contribution in [1.29, 1.82) is 0 Å². The third kappa shape index (κ3) is 3.40. The number of aliphatic hydroxyl groups is 1. The summed E-state index contributed by atoms with van der Waals surface area (Å²) in [7, 11) is -3.40. The number of hydrogen-bond donors (Lipinski definition) is 1. The average Bonchev–Trinajstić information content (AvgIpc) is 2.67. The lowest BCUT2D eigenvalue weighted by atomic mass is 9.99. The minimum atomic E-state index is -3.40. The van der Waals surface area contributed by atoms with Gasteiger partial charge >= 0.3 is 0 Å². The van der Waals surface area contributed by atoms with Crippen LogP contribution in [0.1, 0.15) is 45.1 Å². The monoisotopic (exact) mass is 297 g/mol. The molecule has 0 spiro atoms. The molecule has 5 heteroatoms. The van der Waals surface area contributed by atoms with Crippen LogP contribution in [-0.2, 0) is 15.6 Å². The molecule has 2 rings (SSSR count). The Labute approximate surface area is 121 Å². The van der Waals surface area contributed by atoms with Crippen LogP contribution < -0.4 is 0 Å². The van der Waals surface area contributed by atoms with Crippen LogP contribution in [0.5, 0.6) is 0 Å². The van der Waals surface area contributed by atoms with Gasteiger partial charge in [0.05, 0.1) is 10.5 Å². The molecule has 0 unspecified atom stereocenters. The van der Waals surface area contributed by atoms with E-state index in [0.29, 0.717) is 23.5 Å². The summed E-state index contributed by atoms with van der Waals surface area (Å²) in [4.78, 5) is 0.312. The van der Waals surface area contributed by atoms with Gasteiger partial charge in [-0.15, -0.1) is 0 Å². The first-order valence-corrected chi connectivity index (χ1v) is 8.59. The average molecular weight is 297 g/mol. The highest BCUT2D eigenvalue weighted by Gasteiger charge is 2.25. The second-order valence-electron chi connectivity index (χ2n) is 5.90. The van der Waals surface area contributed by atoms with Gasteiger partial charge in [-0.05, 0) is 44.4 Å². The Kier molecular flexibility index (Phi) is 4.52. The van der Waals surface area contributed by atoms with Crippen molar-refractivity contribution in [3.8, 4) is 0 Å². The molecule has 20 heavy (non-hydrogen) atoms. The molecule has 1 heterocycles. The largest absolute Gasteiger partial charge is 0.386 e. The first-order valence-electron chi connectivity index (χ1n) is 7.15. The molecule has 4 nitrogen and oxygen atoms in total. The Bertz CT molecular complexity index is 535. The number of benzene rings is 1. The molecule has 0 aliphatic carbocycles. The van der Waals surface area contributed by atoms with E-state index in [2.05, 4.69) is 0 Å². The molecule has 1 aliphatic heterocycles. The lowest BCUT2D eigenvalue weighted by Gasteiger charge is -2.21. The van der Waals surface area contributed by atoms with Gasteiger partial charge < -0.3 is 5.11 Å². The fourth-order valence-corrected chi connectivity index (χ4v) is 3.98. The van der Waals surface area contributed by atoms with Crippen LogP contribution >= 0.6 is 0 Å². The van der Waals surface area contributed by atoms with E-state index in [1.54, 1.807) is 42.4 Å². The van der Waals surface area contributed by atoms with E-state index < -0.39 is 15.6 Å². The van der Waals surface area contributed by atoms with Crippen molar-refractivity contribution in [2.45, 2.75) is 50.0 Å². The molecule has 0 radical (unpaired) electrons. The summed E-state index contributed by atoms with van der Waals surface area (Å²) in [5.41, 5.74) is -0.238. The maximum absolute atomic E-state index is 12.6. The molecule has 0 amide bonds. The first kappa shape index (κ1) is 15.5. The summed E-state index contributed by atoms with van der Waals surface area (Å²) in [6.07, 6.45) is 4.06. The fourth-order valence-electron chi connectivity index (χ4n) is 2.47. The van der Waals surface area contributed by atoms with E-state index in [1.807, 2.05) is 0 Å². The van der Waals surface area contributed by atoms with E-state index in [4.69, 9.17) is 0 Å². The van der Waals surface area contributed by atoms with Gasteiger partial charge in [-0.3, -0.25) is 0 Å². The predicted octanol–water partition coefficient (Wildman–Crippen LogP) is 2.48. The maximum Gasteiger partial charge on any atom is 0.243 e. The van der Waals surface area contributed by atoms with Crippen molar-refractivity contribution in [1.82, 2.24) is 4.31 Å². The first-order chi connectivity index (χ1) is 9.32. The molecule has 0 bridgehead atoms. The Morgan fingerprint density at radius 1 is 1.00 bits per heavy atom. The van der Waals surface area contributed by atoms with Gasteiger partial charge in [0.25, 0.3) is 0 Å². The van der Waals surface area contributed by atoms with E-state index in [0.717, 1.165) is 25.7 Å². The van der Waals surface area contributed by atoms with Crippen LogP contribution in [0.4, 0.5) is 0 Å². The highest BCUT2D eigenvalue weighted by molar-refractivity contribution is 7.89. The van der Waals surface area contributed by atoms with E-state index in [1.165, 1.54) is 0 Å². The Morgan fingerprint density at radius 2 is 1.50 bits per heavy atom. The Morgan fingerprint density at radius 3 is 1.95 bits per heavy atom. The van der Waals surface area contributed by atoms with Gasteiger partial charge in [-0.2, -0.15) is 4.31 Å². The summed E-state index contributed by atoms with van der Waals surface area (Å²) < 4.78 is 26.7. The van der Waals surface area contributed by atoms with Crippen LogP contribution in [0.3, 0.4) is 0 Å². The minimum absolute atomic E-state index is 0.312. The lowest BCUT2D eigenvalue weighted by Crippen LogP contribution is -2.32. The summed E-state index contributed by atoms with van der Waals surface area (Å²) >= 11 is 0. The zero-order valence-electron chi connectivity index (χ0n) is 12.2. The van der Waals surface area contributed by atoms with Crippen LogP contribution in [0, 0.1) is 0 Å². The standard InChI is InChI=1S/C15H23NO3S/c1-15(2,17)13-7-9-14(10-8-13)20(18,19)16-11-5-3-4-6-12-16/h7-10,17H,3-6,11-12H2,1-2H3. The summed E-state index contributed by atoms with van der Waals surface area (Å²) in [5, 5.41) is 9.91. The van der Waals surface area contributed by atoms with Crippen molar-refractivity contribution in [2.24, 2.45) is 0 Å². The highest BCUT2D eigenvalue weighted by Crippen LogP contribution is 2.24. The molecular weight excluding hydrogens is 274 g/mol. The second kappa shape index (κ2) is 5.84. The van der Waals surface area contributed by atoms with Crippen molar-refractivity contribution in [3.05, 3.63) is 29.8 Å². The SMILES string of the molecule is CC(C)(O)c1ccc(S(=O)(=O)N2CCCCCC2)cc1. The zero-order chi connectivity index (χ0) is 14.8. The van der Waals surface area contributed by atoms with Crippen molar-refractivity contribution in [2.75, 3.05) is 13.1 Å². The van der Waals surface area contributed by atoms with Gasteiger partial charge in [0.1, 0.15) is 0 Å². The molecule has 1 aromatic carbocycles. The van der Waals surface area contributed by atoms with Gasteiger partial charge in [-0.1, -0.05) is 25.0 Å². The maximum atomic E-state index is 12.6. The molecule has 1 aromatic rings. The summed E-state index contributed by atoms with van der Waals surface area (Å²) in [6, 6.07) is 6.55. The molecule has 1 N–H and O–H groups in total. The molecule has 0 saturated carbocycles. The molecule has 0 atom stereocenters. The van der Waals surface area contributed by atoms with Crippen LogP contribution in [0.25, 0.3) is 0 Å². The minimum Gasteiger partial charge on any atom is -0.386 e. The number of nitrogens with zero attached hydrogens (tertiary/aromatic N) is 1. The number of sulfonamides is 1. The van der Waals surface area contributed by atoms with Gasteiger partial charge in [0.2, 0.25) is 10.0 Å². The van der Waals surface area contributed by atoms with Crippen molar-refractivity contribution < 1.29 is 13.5 Å². The van der Waals surface area contributed by atoms with Crippen LogP contribution in [0.2, 0.25) is 0 Å². The van der Waals surface area contributed by atoms with Crippen molar-refractivity contribution >= 4 is 10.0 Å². The van der Waals surface area contributed by atoms with Crippen LogP contribution in [-0.4, -0.2) is 30.9 Å². The van der Waals surface area contributed by atoms with Gasteiger partial charge in [0, 0.05) is 13.1 Å². The third-order valence-electron chi connectivity index (χ3n) is 3.76. The topological polar surface area (TPSA) is 57.6 Å². The molecule has 0 aromatic heterocycles. The Balaban J connectivity index is 2.25. The number of rotatable bonds is 3. The van der Waals surface area contributed by atoms with E-state index >= 15 is 0 Å². The van der Waals surface area contributed by atoms with Gasteiger partial charge in [-0.25, -0.2) is 8.42 Å². The third-order valence-corrected chi connectivity index (χ3v) is 5.68. The molecule has 1 aliphatic rings. The molecular formula is C15H23NO3S. The van der Waals surface area contributed by atoms with E-state index in [-0.39, 0.29) is 0 Å². The summed E-state index contributed by atoms with van der Waals surface area (Å²) in [6.45, 7) is 4.59. The van der Waals surface area contributed by atoms with Crippen LogP contribution in [0.15, 0.2) is 29.2 Å². The smallest absolute Gasteiger partial charge is 0.243 e. The lowest BCUT2D eigenvalue weighted by molar-refractivity contribution is 0.0785. The molecule has 1 saturated heterocycles.